The Morgan fingerprint density at radius 3 is 2.46 bits per heavy atom. The third-order valence-corrected chi connectivity index (χ3v) is 2.39. The lowest BCUT2D eigenvalue weighted by atomic mass is 9.97. The van der Waals surface area contributed by atoms with Crippen LogP contribution in [-0.4, -0.2) is 18.0 Å². The molecule has 0 aromatic carbocycles. The fourth-order valence-electron chi connectivity index (χ4n) is 1.62. The lowest BCUT2D eigenvalue weighted by molar-refractivity contribution is -0.0499. The molecule has 0 aliphatic carbocycles. The predicted molar refractivity (Wildman–Crippen MR) is 55.6 cm³/mol. The van der Waals surface area contributed by atoms with Gasteiger partial charge in [-0.15, -0.1) is 0 Å². The fraction of sp³-hybridized carbons (Fsp3) is 1.00. The van der Waals surface area contributed by atoms with Crippen molar-refractivity contribution < 1.29 is 9.84 Å². The van der Waals surface area contributed by atoms with E-state index in [4.69, 9.17) is 9.84 Å². The van der Waals surface area contributed by atoms with Crippen LogP contribution in [0.2, 0.25) is 0 Å². The zero-order valence-corrected chi connectivity index (χ0v) is 9.25. The molecule has 1 N–H and O–H groups in total. The maximum atomic E-state index is 8.54. The lowest BCUT2D eigenvalue weighted by Crippen LogP contribution is -2.13. The number of hydrogen-bond donors (Lipinski definition) is 1. The van der Waals surface area contributed by atoms with E-state index in [1.165, 1.54) is 25.7 Å². The van der Waals surface area contributed by atoms with Crippen LogP contribution in [0.3, 0.4) is 0 Å². The smallest absolute Gasteiger partial charge is 0.143 e. The number of aliphatic hydroxyl groups is 1. The Labute approximate surface area is 82.3 Å². The normalized spacial score (nSPS) is 15.7. The lowest BCUT2D eigenvalue weighted by Gasteiger charge is -2.16. The van der Waals surface area contributed by atoms with Gasteiger partial charge in [0.05, 0.1) is 6.10 Å². The number of ether oxygens (including phenoxy) is 1. The average molecular weight is 188 g/mol. The van der Waals surface area contributed by atoms with Crippen molar-refractivity contribution in [2.24, 2.45) is 5.92 Å². The van der Waals surface area contributed by atoms with Gasteiger partial charge in [0.2, 0.25) is 0 Å². The van der Waals surface area contributed by atoms with Crippen LogP contribution >= 0.6 is 0 Å². The Balaban J connectivity index is 3.32. The van der Waals surface area contributed by atoms with Crippen LogP contribution in [0.5, 0.6) is 0 Å². The Bertz CT molecular complexity index is 104. The zero-order chi connectivity index (χ0) is 10.1. The molecule has 13 heavy (non-hydrogen) atoms. The molecule has 2 nitrogen and oxygen atoms in total. The van der Waals surface area contributed by atoms with Crippen LogP contribution in [0.1, 0.15) is 52.9 Å². The Morgan fingerprint density at radius 1 is 1.23 bits per heavy atom. The van der Waals surface area contributed by atoms with Crippen molar-refractivity contribution in [2.75, 3.05) is 6.79 Å². The Kier molecular flexibility index (Phi) is 8.46. The molecule has 0 rings (SSSR count). The van der Waals surface area contributed by atoms with E-state index in [-0.39, 0.29) is 12.9 Å². The summed E-state index contributed by atoms with van der Waals surface area (Å²) in [5, 5.41) is 8.54. The predicted octanol–water partition coefficient (Wildman–Crippen LogP) is 2.95. The molecule has 0 radical (unpaired) electrons. The molecule has 0 saturated carbocycles. The maximum absolute atomic E-state index is 8.54. The first-order valence-electron chi connectivity index (χ1n) is 5.43. The summed E-state index contributed by atoms with van der Waals surface area (Å²) >= 11 is 0. The largest absolute Gasteiger partial charge is 0.371 e. The minimum absolute atomic E-state index is 0.150. The summed E-state index contributed by atoms with van der Waals surface area (Å²) in [6.07, 6.45) is 6.48. The van der Waals surface area contributed by atoms with Crippen molar-refractivity contribution in [3.05, 3.63) is 0 Å². The van der Waals surface area contributed by atoms with E-state index in [0.717, 1.165) is 6.42 Å². The molecule has 0 aromatic heterocycles. The quantitative estimate of drug-likeness (QED) is 0.469. The maximum Gasteiger partial charge on any atom is 0.143 e. The molecule has 0 unspecified atom stereocenters. The summed E-state index contributed by atoms with van der Waals surface area (Å²) in [7, 11) is 0. The van der Waals surface area contributed by atoms with Crippen molar-refractivity contribution in [1.82, 2.24) is 0 Å². The van der Waals surface area contributed by atoms with Crippen molar-refractivity contribution in [1.29, 1.82) is 0 Å². The van der Waals surface area contributed by atoms with Crippen LogP contribution in [0.4, 0.5) is 0 Å². The van der Waals surface area contributed by atoms with E-state index in [9.17, 15) is 0 Å². The second kappa shape index (κ2) is 8.52. The van der Waals surface area contributed by atoms with Gasteiger partial charge in [-0.3, -0.25) is 0 Å². The topological polar surface area (TPSA) is 29.5 Å². The molecular formula is C11H24O2. The summed E-state index contributed by atoms with van der Waals surface area (Å²) in [5.74, 6) is 0.716. The molecule has 0 amide bonds. The van der Waals surface area contributed by atoms with Gasteiger partial charge in [-0.1, -0.05) is 39.5 Å². The molecule has 0 aromatic rings. The molecule has 80 valence electrons. The summed E-state index contributed by atoms with van der Waals surface area (Å²) in [6, 6.07) is 0. The fourth-order valence-corrected chi connectivity index (χ4v) is 1.62. The van der Waals surface area contributed by atoms with Crippen LogP contribution in [0, 0.1) is 5.92 Å². The first-order chi connectivity index (χ1) is 6.20. The third kappa shape index (κ3) is 8.26. The summed E-state index contributed by atoms with van der Waals surface area (Å²) in [4.78, 5) is 0. The van der Waals surface area contributed by atoms with E-state index in [1.54, 1.807) is 0 Å². The van der Waals surface area contributed by atoms with Crippen molar-refractivity contribution in [3.63, 3.8) is 0 Å². The third-order valence-electron chi connectivity index (χ3n) is 2.39. The van der Waals surface area contributed by atoms with Gasteiger partial charge in [-0.05, 0) is 19.3 Å². The average Bonchev–Trinajstić information content (AvgIpc) is 2.05. The zero-order valence-electron chi connectivity index (χ0n) is 9.25. The summed E-state index contributed by atoms with van der Waals surface area (Å²) < 4.78 is 5.07. The van der Waals surface area contributed by atoms with Crippen LogP contribution < -0.4 is 0 Å². The van der Waals surface area contributed by atoms with Gasteiger partial charge in [0, 0.05) is 0 Å². The minimum atomic E-state index is -0.150. The van der Waals surface area contributed by atoms with Gasteiger partial charge in [0.1, 0.15) is 6.79 Å². The molecule has 0 aliphatic heterocycles. The van der Waals surface area contributed by atoms with E-state index < -0.39 is 0 Å². The highest BCUT2D eigenvalue weighted by Gasteiger charge is 2.07. The molecule has 0 heterocycles. The Morgan fingerprint density at radius 2 is 1.92 bits per heavy atom. The molecule has 2 atom stereocenters. The van der Waals surface area contributed by atoms with Gasteiger partial charge < -0.3 is 9.84 Å². The van der Waals surface area contributed by atoms with Crippen LogP contribution in [0.25, 0.3) is 0 Å². The number of unbranched alkanes of at least 4 members (excludes halogenated alkanes) is 2. The van der Waals surface area contributed by atoms with Gasteiger partial charge in [0.15, 0.2) is 0 Å². The van der Waals surface area contributed by atoms with Crippen molar-refractivity contribution in [2.45, 2.75) is 59.0 Å². The van der Waals surface area contributed by atoms with Crippen LogP contribution in [0.15, 0.2) is 0 Å². The summed E-state index contributed by atoms with van der Waals surface area (Å²) in [6.45, 7) is 6.35. The van der Waals surface area contributed by atoms with Gasteiger partial charge >= 0.3 is 0 Å². The van der Waals surface area contributed by atoms with Crippen LogP contribution in [-0.2, 0) is 4.74 Å². The molecule has 2 heteroatoms. The highest BCUT2D eigenvalue weighted by molar-refractivity contribution is 4.58. The van der Waals surface area contributed by atoms with E-state index >= 15 is 0 Å². The highest BCUT2D eigenvalue weighted by atomic mass is 16.6. The van der Waals surface area contributed by atoms with E-state index in [0.29, 0.717) is 5.92 Å². The SMILES string of the molecule is CCCCC[C@@H](C)C[C@H](C)OCO. The van der Waals surface area contributed by atoms with Crippen molar-refractivity contribution >= 4 is 0 Å². The first kappa shape index (κ1) is 12.9. The number of aliphatic hydroxyl groups excluding tert-OH is 1. The molecule has 0 saturated heterocycles. The second-order valence-electron chi connectivity index (χ2n) is 3.94. The Hall–Kier alpha value is -0.0800. The molecule has 0 fully saturated rings. The van der Waals surface area contributed by atoms with Gasteiger partial charge in [-0.25, -0.2) is 0 Å². The van der Waals surface area contributed by atoms with Crippen molar-refractivity contribution in [3.8, 4) is 0 Å². The monoisotopic (exact) mass is 188 g/mol. The first-order valence-corrected chi connectivity index (χ1v) is 5.43. The molecular weight excluding hydrogens is 164 g/mol. The standard InChI is InChI=1S/C11H24O2/c1-4-5-6-7-10(2)8-11(3)13-9-12/h10-12H,4-9H2,1-3H3/t10-,11+/m1/s1. The minimum Gasteiger partial charge on any atom is -0.371 e. The molecule has 0 spiro atoms. The number of rotatable bonds is 8. The van der Waals surface area contributed by atoms with E-state index in [2.05, 4.69) is 13.8 Å². The summed E-state index contributed by atoms with van der Waals surface area (Å²) in [5.41, 5.74) is 0. The highest BCUT2D eigenvalue weighted by Crippen LogP contribution is 2.16. The van der Waals surface area contributed by atoms with Gasteiger partial charge in [-0.2, -0.15) is 0 Å². The second-order valence-corrected chi connectivity index (χ2v) is 3.94. The van der Waals surface area contributed by atoms with Gasteiger partial charge in [0.25, 0.3) is 0 Å². The van der Waals surface area contributed by atoms with E-state index in [1.807, 2.05) is 6.92 Å². The molecule has 0 aliphatic rings. The number of hydrogen-bond acceptors (Lipinski definition) is 2. The molecule has 0 bridgehead atoms.